The first-order valence-corrected chi connectivity index (χ1v) is 12.0. The maximum atomic E-state index is 12.8. The average molecular weight is 574 g/mol. The number of carbonyl (C=O) groups is 3. The second-order valence-electron chi connectivity index (χ2n) is 7.24. The van der Waals surface area contributed by atoms with Crippen molar-refractivity contribution in [1.82, 2.24) is 4.90 Å². The number of hydrogen-bond donors (Lipinski definition) is 0. The minimum Gasteiger partial charge on any atom is -0.422 e. The van der Waals surface area contributed by atoms with E-state index in [1.165, 1.54) is 24.3 Å². The quantitative estimate of drug-likeness (QED) is 0.109. The van der Waals surface area contributed by atoms with Gasteiger partial charge in [0, 0.05) is 16.7 Å². The number of rotatable bonds is 6. The molecule has 0 unspecified atom stereocenters. The molecule has 0 N–H and O–H groups in total. The van der Waals surface area contributed by atoms with Crippen LogP contribution < -0.4 is 4.74 Å². The Kier molecular flexibility index (Phi) is 7.34. The standard InChI is InChI=1S/C24H14BrClN2O6S/c25-18-11-14(5-10-20(18)34-23(30)15-6-8-17(26)9-7-15)12-21-22(29)27(24(31)35-21)13-16-3-1-2-4-19(16)28(32)33/h1-12H,13H2/b21-12-. The van der Waals surface area contributed by atoms with Crippen LogP contribution in [-0.2, 0) is 11.3 Å². The summed E-state index contributed by atoms with van der Waals surface area (Å²) in [5.74, 6) is -0.842. The van der Waals surface area contributed by atoms with Crippen LogP contribution in [-0.4, -0.2) is 26.9 Å². The van der Waals surface area contributed by atoms with Crippen molar-refractivity contribution in [1.29, 1.82) is 0 Å². The number of ether oxygens (including phenoxy) is 1. The van der Waals surface area contributed by atoms with Crippen LogP contribution in [0, 0.1) is 10.1 Å². The molecule has 1 saturated heterocycles. The van der Waals surface area contributed by atoms with E-state index in [2.05, 4.69) is 15.9 Å². The largest absolute Gasteiger partial charge is 0.422 e. The summed E-state index contributed by atoms with van der Waals surface area (Å²) in [7, 11) is 0. The lowest BCUT2D eigenvalue weighted by Gasteiger charge is -2.12. The molecule has 11 heteroatoms. The summed E-state index contributed by atoms with van der Waals surface area (Å²) >= 11 is 9.94. The minimum atomic E-state index is -0.564. The van der Waals surface area contributed by atoms with Crippen LogP contribution >= 0.6 is 39.3 Å². The highest BCUT2D eigenvalue weighted by Crippen LogP contribution is 2.35. The van der Waals surface area contributed by atoms with Crippen LogP contribution in [0.15, 0.2) is 76.1 Å². The molecule has 0 aliphatic carbocycles. The molecule has 176 valence electrons. The van der Waals surface area contributed by atoms with Gasteiger partial charge in [0.2, 0.25) is 0 Å². The number of hydrogen-bond acceptors (Lipinski definition) is 7. The Balaban J connectivity index is 1.50. The molecule has 1 aliphatic rings. The monoisotopic (exact) mass is 572 g/mol. The van der Waals surface area contributed by atoms with Crippen LogP contribution in [0.2, 0.25) is 5.02 Å². The number of nitro groups is 1. The van der Waals surface area contributed by atoms with Crippen molar-refractivity contribution in [3.63, 3.8) is 0 Å². The Morgan fingerprint density at radius 1 is 1.11 bits per heavy atom. The molecule has 0 aromatic heterocycles. The molecule has 0 saturated carbocycles. The van der Waals surface area contributed by atoms with E-state index in [1.807, 2.05) is 0 Å². The van der Waals surface area contributed by atoms with Gasteiger partial charge in [0.25, 0.3) is 16.8 Å². The summed E-state index contributed by atoms with van der Waals surface area (Å²) < 4.78 is 5.87. The predicted molar refractivity (Wildman–Crippen MR) is 135 cm³/mol. The number of nitro benzene ring substituents is 1. The Morgan fingerprint density at radius 3 is 2.51 bits per heavy atom. The summed E-state index contributed by atoms with van der Waals surface area (Å²) in [6.45, 7) is -0.206. The summed E-state index contributed by atoms with van der Waals surface area (Å²) in [5.41, 5.74) is 1.01. The fourth-order valence-electron chi connectivity index (χ4n) is 3.22. The molecule has 3 aromatic carbocycles. The molecule has 2 amide bonds. The number of nitrogens with zero attached hydrogens (tertiary/aromatic N) is 2. The summed E-state index contributed by atoms with van der Waals surface area (Å²) in [6, 6.07) is 17.0. The zero-order chi connectivity index (χ0) is 25.1. The van der Waals surface area contributed by atoms with Crippen molar-refractivity contribution in [3.05, 3.63) is 108 Å². The number of halogens is 2. The smallest absolute Gasteiger partial charge is 0.343 e. The zero-order valence-corrected chi connectivity index (χ0v) is 20.8. The molecule has 0 spiro atoms. The number of carbonyl (C=O) groups excluding carboxylic acids is 3. The van der Waals surface area contributed by atoms with Gasteiger partial charge in [-0.3, -0.25) is 24.6 Å². The van der Waals surface area contributed by atoms with E-state index in [1.54, 1.807) is 48.5 Å². The van der Waals surface area contributed by atoms with E-state index in [4.69, 9.17) is 16.3 Å². The number of benzene rings is 3. The summed E-state index contributed by atoms with van der Waals surface area (Å²) in [4.78, 5) is 49.5. The van der Waals surface area contributed by atoms with Gasteiger partial charge in [-0.15, -0.1) is 0 Å². The first-order valence-electron chi connectivity index (χ1n) is 9.98. The Bertz CT molecular complexity index is 1390. The minimum absolute atomic E-state index is 0.164. The molecule has 1 fully saturated rings. The molecule has 35 heavy (non-hydrogen) atoms. The molecule has 1 aliphatic heterocycles. The Hall–Kier alpha value is -3.47. The maximum Gasteiger partial charge on any atom is 0.343 e. The second kappa shape index (κ2) is 10.4. The summed E-state index contributed by atoms with van der Waals surface area (Å²) in [6.07, 6.45) is 1.53. The van der Waals surface area contributed by atoms with Crippen molar-refractivity contribution in [2.45, 2.75) is 6.54 Å². The number of para-hydroxylation sites is 1. The van der Waals surface area contributed by atoms with Crippen LogP contribution in [0.25, 0.3) is 6.08 Å². The van der Waals surface area contributed by atoms with E-state index in [9.17, 15) is 24.5 Å². The van der Waals surface area contributed by atoms with E-state index in [0.29, 0.717) is 20.6 Å². The molecule has 3 aromatic rings. The van der Waals surface area contributed by atoms with Crippen LogP contribution in [0.1, 0.15) is 21.5 Å². The highest BCUT2D eigenvalue weighted by molar-refractivity contribution is 9.10. The molecule has 0 radical (unpaired) electrons. The van der Waals surface area contributed by atoms with E-state index in [0.717, 1.165) is 16.7 Å². The molecular formula is C24H14BrClN2O6S. The lowest BCUT2D eigenvalue weighted by molar-refractivity contribution is -0.385. The molecule has 4 rings (SSSR count). The number of thioether (sulfide) groups is 1. The van der Waals surface area contributed by atoms with E-state index < -0.39 is 22.0 Å². The lowest BCUT2D eigenvalue weighted by atomic mass is 10.1. The van der Waals surface area contributed by atoms with Crippen molar-refractivity contribution < 1.29 is 24.0 Å². The van der Waals surface area contributed by atoms with Gasteiger partial charge in [-0.05, 0) is 75.7 Å². The van der Waals surface area contributed by atoms with Gasteiger partial charge in [-0.1, -0.05) is 35.9 Å². The van der Waals surface area contributed by atoms with Gasteiger partial charge in [0.15, 0.2) is 0 Å². The van der Waals surface area contributed by atoms with Gasteiger partial charge in [-0.2, -0.15) is 0 Å². The average Bonchev–Trinajstić information content (AvgIpc) is 3.08. The zero-order valence-electron chi connectivity index (χ0n) is 17.6. The summed E-state index contributed by atoms with van der Waals surface area (Å²) in [5, 5.41) is 11.2. The predicted octanol–water partition coefficient (Wildman–Crippen LogP) is 6.47. The van der Waals surface area contributed by atoms with Gasteiger partial charge in [-0.25, -0.2) is 4.79 Å². The van der Waals surface area contributed by atoms with Gasteiger partial charge in [0.05, 0.1) is 26.4 Å². The van der Waals surface area contributed by atoms with Crippen molar-refractivity contribution >= 4 is 68.2 Å². The van der Waals surface area contributed by atoms with Crippen molar-refractivity contribution in [2.24, 2.45) is 0 Å². The third-order valence-corrected chi connectivity index (χ3v) is 6.71. The van der Waals surface area contributed by atoms with Crippen LogP contribution in [0.3, 0.4) is 0 Å². The van der Waals surface area contributed by atoms with Crippen molar-refractivity contribution in [3.8, 4) is 5.75 Å². The molecule has 8 nitrogen and oxygen atoms in total. The topological polar surface area (TPSA) is 107 Å². The first kappa shape index (κ1) is 24.6. The maximum absolute atomic E-state index is 12.8. The van der Waals surface area contributed by atoms with Gasteiger partial charge < -0.3 is 4.74 Å². The molecule has 1 heterocycles. The number of amides is 2. The van der Waals surface area contributed by atoms with Crippen molar-refractivity contribution in [2.75, 3.05) is 0 Å². The highest BCUT2D eigenvalue weighted by Gasteiger charge is 2.36. The van der Waals surface area contributed by atoms with Gasteiger partial charge >= 0.3 is 5.97 Å². The highest BCUT2D eigenvalue weighted by atomic mass is 79.9. The molecule has 0 atom stereocenters. The number of imide groups is 1. The fraction of sp³-hybridized carbons (Fsp3) is 0.0417. The van der Waals surface area contributed by atoms with Crippen LogP contribution in [0.4, 0.5) is 10.5 Å². The van der Waals surface area contributed by atoms with E-state index in [-0.39, 0.29) is 28.5 Å². The normalized spacial score (nSPS) is 14.5. The first-order chi connectivity index (χ1) is 16.7. The third kappa shape index (κ3) is 5.61. The van der Waals surface area contributed by atoms with Crippen LogP contribution in [0.5, 0.6) is 5.75 Å². The Morgan fingerprint density at radius 2 is 1.83 bits per heavy atom. The third-order valence-electron chi connectivity index (χ3n) is 4.93. The lowest BCUT2D eigenvalue weighted by Crippen LogP contribution is -2.27. The SMILES string of the molecule is O=C(Oc1ccc(/C=C2\SC(=O)N(Cc3ccccc3[N+](=O)[O-])C2=O)cc1Br)c1ccc(Cl)cc1. The second-order valence-corrected chi connectivity index (χ2v) is 9.52. The fourth-order valence-corrected chi connectivity index (χ4v) is 4.66. The number of esters is 1. The van der Waals surface area contributed by atoms with E-state index >= 15 is 0 Å². The molecule has 0 bridgehead atoms. The Labute approximate surface area is 216 Å². The molecular weight excluding hydrogens is 560 g/mol. The van der Waals surface area contributed by atoms with Gasteiger partial charge in [0.1, 0.15) is 5.75 Å².